The smallest absolute Gasteiger partial charge is 0.412 e. The second-order valence-corrected chi connectivity index (χ2v) is 11.4. The SMILES string of the molecule is O=C(Cn1c(-c2ccccc2)ncc(NC(=O)OCc2ccccc2)c1=O)NC(Cc1ccccc1)C(=O)C(F)(F)C(=O)NCc1ccccc1. The molecule has 0 saturated heterocycles. The zero-order valence-electron chi connectivity index (χ0n) is 27.1. The van der Waals surface area contributed by atoms with E-state index in [1.807, 2.05) is 0 Å². The first-order valence-electron chi connectivity index (χ1n) is 15.8. The van der Waals surface area contributed by atoms with Crippen LogP contribution in [0.1, 0.15) is 16.7 Å². The van der Waals surface area contributed by atoms with E-state index in [1.165, 1.54) is 0 Å². The Balaban J connectivity index is 1.38. The predicted molar refractivity (Wildman–Crippen MR) is 185 cm³/mol. The summed E-state index contributed by atoms with van der Waals surface area (Å²) in [5.74, 6) is -9.16. The van der Waals surface area contributed by atoms with E-state index in [-0.39, 0.29) is 31.1 Å². The number of hydrogen-bond acceptors (Lipinski definition) is 7. The minimum atomic E-state index is -4.51. The number of benzene rings is 4. The normalized spacial score (nSPS) is 11.6. The lowest BCUT2D eigenvalue weighted by Crippen LogP contribution is -2.55. The fourth-order valence-corrected chi connectivity index (χ4v) is 5.07. The van der Waals surface area contributed by atoms with Crippen LogP contribution in [0.15, 0.2) is 132 Å². The standard InChI is InChI=1S/C38H33F2N5O6/c39-38(40,36(49)42-22-27-15-7-2-8-16-27)33(47)30(21-26-13-5-1-6-14-26)43-32(46)24-45-34(29-19-11-4-12-20-29)41-23-31(35(45)48)44-37(50)51-25-28-17-9-3-10-18-28/h1-20,23,30H,21-22,24-25H2,(H,42,49)(H,43,46)(H,44,50). The Morgan fingerprint density at radius 2 is 1.31 bits per heavy atom. The molecule has 0 bridgehead atoms. The number of carbonyl (C=O) groups excluding carboxylic acids is 4. The van der Waals surface area contributed by atoms with Crippen LogP contribution in [-0.4, -0.2) is 45.2 Å². The van der Waals surface area contributed by atoms with Crippen molar-refractivity contribution in [1.29, 1.82) is 0 Å². The van der Waals surface area contributed by atoms with E-state index in [1.54, 1.807) is 121 Å². The average molecular weight is 694 g/mol. The Morgan fingerprint density at radius 1 is 0.765 bits per heavy atom. The number of nitrogens with one attached hydrogen (secondary N) is 3. The van der Waals surface area contributed by atoms with Gasteiger partial charge in [0.2, 0.25) is 11.7 Å². The highest BCUT2D eigenvalue weighted by molar-refractivity contribution is 6.10. The van der Waals surface area contributed by atoms with Gasteiger partial charge in [0.15, 0.2) is 0 Å². The predicted octanol–water partition coefficient (Wildman–Crippen LogP) is 4.91. The minimum absolute atomic E-state index is 0.0236. The number of amides is 3. The second-order valence-electron chi connectivity index (χ2n) is 11.4. The molecule has 1 atom stereocenters. The summed E-state index contributed by atoms with van der Waals surface area (Å²) in [5, 5.41) is 6.72. The van der Waals surface area contributed by atoms with Gasteiger partial charge in [0.25, 0.3) is 11.5 Å². The molecule has 1 unspecified atom stereocenters. The van der Waals surface area contributed by atoms with Gasteiger partial charge in [0.1, 0.15) is 24.7 Å². The Kier molecular flexibility index (Phi) is 11.8. The van der Waals surface area contributed by atoms with Crippen LogP contribution in [0, 0.1) is 0 Å². The van der Waals surface area contributed by atoms with Gasteiger partial charge in [0, 0.05) is 18.5 Å². The third-order valence-corrected chi connectivity index (χ3v) is 7.66. The third kappa shape index (κ3) is 9.57. The highest BCUT2D eigenvalue weighted by Gasteiger charge is 2.50. The van der Waals surface area contributed by atoms with E-state index < -0.39 is 47.8 Å². The molecule has 5 aromatic rings. The monoisotopic (exact) mass is 693 g/mol. The van der Waals surface area contributed by atoms with Crippen LogP contribution < -0.4 is 21.5 Å². The highest BCUT2D eigenvalue weighted by Crippen LogP contribution is 2.21. The van der Waals surface area contributed by atoms with Gasteiger partial charge in [-0.15, -0.1) is 0 Å². The molecule has 11 nitrogen and oxygen atoms in total. The number of halogens is 2. The number of alkyl halides is 2. The maximum absolute atomic E-state index is 15.4. The van der Waals surface area contributed by atoms with Crippen molar-refractivity contribution in [1.82, 2.24) is 20.2 Å². The van der Waals surface area contributed by atoms with Crippen LogP contribution in [0.2, 0.25) is 0 Å². The van der Waals surface area contributed by atoms with Crippen molar-refractivity contribution in [2.45, 2.75) is 38.1 Å². The largest absolute Gasteiger partial charge is 0.444 e. The van der Waals surface area contributed by atoms with E-state index in [2.05, 4.69) is 20.9 Å². The van der Waals surface area contributed by atoms with Crippen LogP contribution in [-0.2, 0) is 45.2 Å². The van der Waals surface area contributed by atoms with E-state index in [4.69, 9.17) is 4.74 Å². The van der Waals surface area contributed by atoms with Gasteiger partial charge >= 0.3 is 12.0 Å². The number of Topliss-reactive ketones (excluding diaryl/α,β-unsaturated/α-hetero) is 1. The van der Waals surface area contributed by atoms with Crippen molar-refractivity contribution in [2.75, 3.05) is 5.32 Å². The zero-order chi connectivity index (χ0) is 36.2. The molecule has 1 heterocycles. The molecule has 4 aromatic carbocycles. The van der Waals surface area contributed by atoms with Crippen LogP contribution >= 0.6 is 0 Å². The van der Waals surface area contributed by atoms with E-state index in [0.717, 1.165) is 10.8 Å². The molecule has 3 amide bonds. The Hall–Kier alpha value is -6.50. The van der Waals surface area contributed by atoms with E-state index in [0.29, 0.717) is 22.3 Å². The van der Waals surface area contributed by atoms with Gasteiger partial charge < -0.3 is 15.4 Å². The molecule has 0 aliphatic rings. The Labute approximate surface area is 291 Å². The molecule has 0 aliphatic carbocycles. The molecule has 0 fully saturated rings. The topological polar surface area (TPSA) is 148 Å². The summed E-state index contributed by atoms with van der Waals surface area (Å²) in [7, 11) is 0. The number of hydrogen-bond donors (Lipinski definition) is 3. The molecule has 0 aliphatic heterocycles. The summed E-state index contributed by atoms with van der Waals surface area (Å²) in [5.41, 5.74) is 0.932. The van der Waals surface area contributed by atoms with Gasteiger partial charge in [-0.3, -0.25) is 29.1 Å². The van der Waals surface area contributed by atoms with E-state index in [9.17, 15) is 24.0 Å². The second kappa shape index (κ2) is 16.7. The molecule has 5 rings (SSSR count). The first-order chi connectivity index (χ1) is 24.6. The molecular formula is C38H33F2N5O6. The van der Waals surface area contributed by atoms with Crippen LogP contribution in [0.25, 0.3) is 11.4 Å². The Bertz CT molecular complexity index is 2030. The molecule has 51 heavy (non-hydrogen) atoms. The highest BCUT2D eigenvalue weighted by atomic mass is 19.3. The van der Waals surface area contributed by atoms with Crippen LogP contribution in [0.4, 0.5) is 19.3 Å². The number of nitrogens with zero attached hydrogens (tertiary/aromatic N) is 2. The molecule has 1 aromatic heterocycles. The summed E-state index contributed by atoms with van der Waals surface area (Å²) in [6, 6.07) is 31.7. The fourth-order valence-electron chi connectivity index (χ4n) is 5.07. The van der Waals surface area contributed by atoms with Gasteiger partial charge in [0.05, 0.1) is 12.2 Å². The summed E-state index contributed by atoms with van der Waals surface area (Å²) in [6.45, 7) is -1.11. The lowest BCUT2D eigenvalue weighted by atomic mass is 9.98. The third-order valence-electron chi connectivity index (χ3n) is 7.66. The summed E-state index contributed by atoms with van der Waals surface area (Å²) in [4.78, 5) is 70.1. The quantitative estimate of drug-likeness (QED) is 0.140. The molecule has 0 radical (unpaired) electrons. The summed E-state index contributed by atoms with van der Waals surface area (Å²) < 4.78 is 37.0. The molecule has 260 valence electrons. The van der Waals surface area contributed by atoms with Crippen molar-refractivity contribution in [3.8, 4) is 11.4 Å². The molecular weight excluding hydrogens is 660 g/mol. The lowest BCUT2D eigenvalue weighted by molar-refractivity contribution is -0.160. The molecule has 13 heteroatoms. The number of aromatic nitrogens is 2. The van der Waals surface area contributed by atoms with Crippen molar-refractivity contribution >= 4 is 29.4 Å². The van der Waals surface area contributed by atoms with Crippen molar-refractivity contribution in [2.24, 2.45) is 0 Å². The first kappa shape index (κ1) is 35.8. The maximum Gasteiger partial charge on any atom is 0.412 e. The minimum Gasteiger partial charge on any atom is -0.444 e. The zero-order valence-corrected chi connectivity index (χ0v) is 27.1. The molecule has 0 saturated carbocycles. The van der Waals surface area contributed by atoms with Gasteiger partial charge in [-0.25, -0.2) is 9.78 Å². The van der Waals surface area contributed by atoms with Gasteiger partial charge in [-0.05, 0) is 16.7 Å². The lowest BCUT2D eigenvalue weighted by Gasteiger charge is -2.23. The molecule has 0 spiro atoms. The number of rotatable bonds is 14. The fraction of sp³-hybridized carbons (Fsp3) is 0.158. The number of anilines is 1. The Morgan fingerprint density at radius 3 is 1.92 bits per heavy atom. The number of ether oxygens (including phenoxy) is 1. The maximum atomic E-state index is 15.4. The van der Waals surface area contributed by atoms with E-state index >= 15 is 8.78 Å². The molecule has 3 N–H and O–H groups in total. The van der Waals surface area contributed by atoms with Crippen molar-refractivity contribution in [3.63, 3.8) is 0 Å². The summed E-state index contributed by atoms with van der Waals surface area (Å²) in [6.07, 6.45) is -0.220. The van der Waals surface area contributed by atoms with Crippen LogP contribution in [0.3, 0.4) is 0 Å². The van der Waals surface area contributed by atoms with Gasteiger partial charge in [-0.1, -0.05) is 121 Å². The van der Waals surface area contributed by atoms with Crippen LogP contribution in [0.5, 0.6) is 0 Å². The van der Waals surface area contributed by atoms with Crippen molar-refractivity contribution < 1.29 is 32.7 Å². The first-order valence-corrected chi connectivity index (χ1v) is 15.8. The van der Waals surface area contributed by atoms with Crippen molar-refractivity contribution in [3.05, 3.63) is 155 Å². The number of ketones is 1. The number of carbonyl (C=O) groups is 4. The average Bonchev–Trinajstić information content (AvgIpc) is 3.15. The summed E-state index contributed by atoms with van der Waals surface area (Å²) >= 11 is 0. The van der Waals surface area contributed by atoms with Gasteiger partial charge in [-0.2, -0.15) is 8.78 Å².